The Hall–Kier alpha value is -0.570. The highest BCUT2D eigenvalue weighted by Gasteiger charge is 2.52. The van der Waals surface area contributed by atoms with Crippen molar-refractivity contribution in [3.8, 4) is 0 Å². The van der Waals surface area contributed by atoms with Gasteiger partial charge in [0, 0.05) is 0 Å². The van der Waals surface area contributed by atoms with E-state index in [0.717, 1.165) is 19.3 Å². The van der Waals surface area contributed by atoms with Gasteiger partial charge in [0.2, 0.25) is 0 Å². The maximum Gasteiger partial charge on any atom is 0.326 e. The Kier molecular flexibility index (Phi) is 3.20. The van der Waals surface area contributed by atoms with Crippen molar-refractivity contribution < 1.29 is 9.53 Å². The van der Waals surface area contributed by atoms with Crippen LogP contribution in [0.2, 0.25) is 0 Å². The van der Waals surface area contributed by atoms with Crippen LogP contribution in [0.4, 0.5) is 0 Å². The molecule has 1 saturated carbocycles. The zero-order valence-corrected chi connectivity index (χ0v) is 9.64. The Labute approximate surface area is 86.2 Å². The van der Waals surface area contributed by atoms with Gasteiger partial charge in [-0.1, -0.05) is 26.7 Å². The summed E-state index contributed by atoms with van der Waals surface area (Å²) in [6, 6.07) is 0. The molecule has 0 aliphatic heterocycles. The van der Waals surface area contributed by atoms with E-state index >= 15 is 0 Å². The van der Waals surface area contributed by atoms with Crippen molar-refractivity contribution in [1.82, 2.24) is 5.32 Å². The lowest BCUT2D eigenvalue weighted by atomic mass is 9.63. The van der Waals surface area contributed by atoms with E-state index in [1.54, 1.807) is 0 Å². The molecule has 82 valence electrons. The normalized spacial score (nSPS) is 31.1. The maximum absolute atomic E-state index is 11.9. The van der Waals surface area contributed by atoms with Crippen LogP contribution in [0.25, 0.3) is 0 Å². The number of carbonyl (C=O) groups excluding carboxylic acids is 1. The number of esters is 1. The lowest BCUT2D eigenvalue weighted by Gasteiger charge is -2.47. The predicted octanol–water partition coefficient (Wildman–Crippen LogP) is 1.72. The molecule has 1 atom stereocenters. The van der Waals surface area contributed by atoms with E-state index in [1.165, 1.54) is 13.5 Å². The number of hydrogen-bond donors (Lipinski definition) is 1. The number of methoxy groups -OCH3 is 1. The first-order valence-corrected chi connectivity index (χ1v) is 5.27. The van der Waals surface area contributed by atoms with Crippen molar-refractivity contribution >= 4 is 5.97 Å². The van der Waals surface area contributed by atoms with Gasteiger partial charge in [0.15, 0.2) is 0 Å². The monoisotopic (exact) mass is 199 g/mol. The van der Waals surface area contributed by atoms with Crippen molar-refractivity contribution in [3.63, 3.8) is 0 Å². The molecule has 0 aromatic rings. The smallest absolute Gasteiger partial charge is 0.326 e. The number of likely N-dealkylation sites (N-methyl/N-ethyl adjacent to an activating group) is 1. The summed E-state index contributed by atoms with van der Waals surface area (Å²) in [5, 5.41) is 3.18. The quantitative estimate of drug-likeness (QED) is 0.688. The molecule has 0 aromatic heterocycles. The Morgan fingerprint density at radius 1 is 1.29 bits per heavy atom. The lowest BCUT2D eigenvalue weighted by Crippen LogP contribution is -2.62. The molecular formula is C11H21NO2. The molecular weight excluding hydrogens is 178 g/mol. The number of ether oxygens (including phenoxy) is 1. The third-order valence-electron chi connectivity index (χ3n) is 3.72. The third kappa shape index (κ3) is 1.54. The largest absolute Gasteiger partial charge is 0.468 e. The number of rotatable bonds is 2. The minimum atomic E-state index is -0.486. The van der Waals surface area contributed by atoms with Crippen molar-refractivity contribution in [2.24, 2.45) is 5.41 Å². The molecule has 1 aliphatic rings. The summed E-state index contributed by atoms with van der Waals surface area (Å²) in [6.07, 6.45) is 4.25. The van der Waals surface area contributed by atoms with E-state index in [2.05, 4.69) is 19.2 Å². The fourth-order valence-electron chi connectivity index (χ4n) is 2.63. The van der Waals surface area contributed by atoms with E-state index in [0.29, 0.717) is 0 Å². The fourth-order valence-corrected chi connectivity index (χ4v) is 2.63. The summed E-state index contributed by atoms with van der Waals surface area (Å²) in [6.45, 7) is 4.28. The highest BCUT2D eigenvalue weighted by molar-refractivity contribution is 5.82. The Morgan fingerprint density at radius 3 is 2.29 bits per heavy atom. The summed E-state index contributed by atoms with van der Waals surface area (Å²) in [4.78, 5) is 11.9. The molecule has 0 saturated heterocycles. The molecule has 0 heterocycles. The lowest BCUT2D eigenvalue weighted by molar-refractivity contribution is -0.156. The fraction of sp³-hybridized carbons (Fsp3) is 0.909. The zero-order chi connectivity index (χ0) is 10.8. The van der Waals surface area contributed by atoms with Gasteiger partial charge >= 0.3 is 5.97 Å². The molecule has 0 radical (unpaired) electrons. The van der Waals surface area contributed by atoms with Gasteiger partial charge in [0.25, 0.3) is 0 Å². The van der Waals surface area contributed by atoms with Gasteiger partial charge in [0.05, 0.1) is 7.11 Å². The summed E-state index contributed by atoms with van der Waals surface area (Å²) < 4.78 is 4.92. The van der Waals surface area contributed by atoms with Gasteiger partial charge in [-0.25, -0.2) is 0 Å². The first kappa shape index (κ1) is 11.5. The number of hydrogen-bond acceptors (Lipinski definition) is 3. The molecule has 3 nitrogen and oxygen atoms in total. The molecule has 0 aromatic carbocycles. The van der Waals surface area contributed by atoms with Crippen molar-refractivity contribution in [2.75, 3.05) is 14.2 Å². The first-order valence-electron chi connectivity index (χ1n) is 5.27. The van der Waals surface area contributed by atoms with E-state index in [1.807, 2.05) is 7.05 Å². The Bertz CT molecular complexity index is 225. The van der Waals surface area contributed by atoms with Gasteiger partial charge in [-0.15, -0.1) is 0 Å². The standard InChI is InChI=1S/C11H21NO2/c1-10(2)7-5-6-8-11(10,12-3)9(13)14-4/h12H,5-8H2,1-4H3. The van der Waals surface area contributed by atoms with Crippen LogP contribution in [0.5, 0.6) is 0 Å². The minimum Gasteiger partial charge on any atom is -0.468 e. The Balaban J connectivity index is 3.00. The van der Waals surface area contributed by atoms with Crippen LogP contribution >= 0.6 is 0 Å². The molecule has 1 unspecified atom stereocenters. The second kappa shape index (κ2) is 3.89. The summed E-state index contributed by atoms with van der Waals surface area (Å²) >= 11 is 0. The minimum absolute atomic E-state index is 0.0207. The highest BCUT2D eigenvalue weighted by atomic mass is 16.5. The number of carbonyl (C=O) groups is 1. The van der Waals surface area contributed by atoms with Crippen LogP contribution in [0.1, 0.15) is 39.5 Å². The van der Waals surface area contributed by atoms with Crippen LogP contribution in [-0.2, 0) is 9.53 Å². The molecule has 1 aliphatic carbocycles. The SMILES string of the molecule is CNC1(C(=O)OC)CCCCC1(C)C. The van der Waals surface area contributed by atoms with Crippen LogP contribution in [0.15, 0.2) is 0 Å². The van der Waals surface area contributed by atoms with Gasteiger partial charge in [-0.3, -0.25) is 4.79 Å². The van der Waals surface area contributed by atoms with Crippen molar-refractivity contribution in [3.05, 3.63) is 0 Å². The topological polar surface area (TPSA) is 38.3 Å². The average molecular weight is 199 g/mol. The van der Waals surface area contributed by atoms with Crippen LogP contribution in [0.3, 0.4) is 0 Å². The Morgan fingerprint density at radius 2 is 1.86 bits per heavy atom. The zero-order valence-electron chi connectivity index (χ0n) is 9.64. The molecule has 0 bridgehead atoms. The molecule has 1 fully saturated rings. The second-order valence-corrected chi connectivity index (χ2v) is 4.74. The van der Waals surface area contributed by atoms with Crippen molar-refractivity contribution in [1.29, 1.82) is 0 Å². The highest BCUT2D eigenvalue weighted by Crippen LogP contribution is 2.44. The van der Waals surface area contributed by atoms with Gasteiger partial charge in [-0.2, -0.15) is 0 Å². The van der Waals surface area contributed by atoms with E-state index in [4.69, 9.17) is 4.74 Å². The van der Waals surface area contributed by atoms with E-state index in [9.17, 15) is 4.79 Å². The summed E-state index contributed by atoms with van der Waals surface area (Å²) in [5.41, 5.74) is -0.507. The molecule has 0 amide bonds. The van der Waals surface area contributed by atoms with Crippen molar-refractivity contribution in [2.45, 2.75) is 45.1 Å². The molecule has 1 N–H and O–H groups in total. The molecule has 0 spiro atoms. The number of nitrogens with one attached hydrogen (secondary N) is 1. The average Bonchev–Trinajstić information content (AvgIpc) is 2.16. The summed E-state index contributed by atoms with van der Waals surface area (Å²) in [7, 11) is 3.32. The van der Waals surface area contributed by atoms with Crippen LogP contribution in [-0.4, -0.2) is 25.7 Å². The molecule has 14 heavy (non-hydrogen) atoms. The molecule has 1 rings (SSSR count). The summed E-state index contributed by atoms with van der Waals surface area (Å²) in [5.74, 6) is -0.121. The van der Waals surface area contributed by atoms with E-state index in [-0.39, 0.29) is 11.4 Å². The predicted molar refractivity (Wildman–Crippen MR) is 56.1 cm³/mol. The van der Waals surface area contributed by atoms with Gasteiger partial charge < -0.3 is 10.1 Å². The van der Waals surface area contributed by atoms with Gasteiger partial charge in [0.1, 0.15) is 5.54 Å². The third-order valence-corrected chi connectivity index (χ3v) is 3.72. The maximum atomic E-state index is 11.9. The second-order valence-electron chi connectivity index (χ2n) is 4.74. The first-order chi connectivity index (χ1) is 6.50. The van der Waals surface area contributed by atoms with Gasteiger partial charge in [-0.05, 0) is 25.3 Å². The van der Waals surface area contributed by atoms with Crippen LogP contribution in [0, 0.1) is 5.41 Å². The van der Waals surface area contributed by atoms with E-state index < -0.39 is 5.54 Å². The molecule has 3 heteroatoms. The van der Waals surface area contributed by atoms with Crippen LogP contribution < -0.4 is 5.32 Å².